The third-order valence-electron chi connectivity index (χ3n) is 1.29. The summed E-state index contributed by atoms with van der Waals surface area (Å²) in [5, 5.41) is 2.77. The zero-order valence-corrected chi connectivity index (χ0v) is 7.13. The highest BCUT2D eigenvalue weighted by atomic mass is 79.9. The van der Waals surface area contributed by atoms with Gasteiger partial charge in [-0.25, -0.2) is 0 Å². The predicted octanol–water partition coefficient (Wildman–Crippen LogP) is 1.87. The van der Waals surface area contributed by atoms with E-state index in [1.165, 1.54) is 0 Å². The van der Waals surface area contributed by atoms with Crippen molar-refractivity contribution in [3.05, 3.63) is 16.6 Å². The van der Waals surface area contributed by atoms with Gasteiger partial charge in [-0.15, -0.1) is 4.91 Å². The summed E-state index contributed by atoms with van der Waals surface area (Å²) in [5.74, 6) is 0.329. The molecule has 54 valence electrons. The molecule has 10 heavy (non-hydrogen) atoms. The van der Waals surface area contributed by atoms with Gasteiger partial charge in [0, 0.05) is 0 Å². The number of hydrogen-bond donors (Lipinski definition) is 0. The SMILES string of the molecule is CC1=CC(Br)CN=C1N=O. The van der Waals surface area contributed by atoms with Crippen LogP contribution in [0, 0.1) is 4.91 Å². The van der Waals surface area contributed by atoms with E-state index in [1.54, 1.807) is 0 Å². The third kappa shape index (κ3) is 1.50. The van der Waals surface area contributed by atoms with Crippen LogP contribution in [-0.4, -0.2) is 17.2 Å². The van der Waals surface area contributed by atoms with Gasteiger partial charge < -0.3 is 0 Å². The Morgan fingerprint density at radius 3 is 3.10 bits per heavy atom. The van der Waals surface area contributed by atoms with Crippen molar-refractivity contribution in [1.82, 2.24) is 0 Å². The Morgan fingerprint density at radius 2 is 2.60 bits per heavy atom. The molecule has 0 aromatic carbocycles. The van der Waals surface area contributed by atoms with Gasteiger partial charge in [0.2, 0.25) is 0 Å². The van der Waals surface area contributed by atoms with E-state index in [4.69, 9.17) is 0 Å². The molecule has 0 aromatic heterocycles. The van der Waals surface area contributed by atoms with E-state index >= 15 is 0 Å². The zero-order valence-electron chi connectivity index (χ0n) is 5.54. The molecule has 0 saturated heterocycles. The summed E-state index contributed by atoms with van der Waals surface area (Å²) >= 11 is 3.36. The van der Waals surface area contributed by atoms with Crippen molar-refractivity contribution in [2.75, 3.05) is 6.54 Å². The molecule has 1 atom stereocenters. The Morgan fingerprint density at radius 1 is 1.90 bits per heavy atom. The minimum Gasteiger partial charge on any atom is -0.262 e. The Balaban J connectivity index is 2.81. The first-order valence-corrected chi connectivity index (χ1v) is 3.86. The molecule has 0 saturated carbocycles. The number of rotatable bonds is 0. The minimum absolute atomic E-state index is 0.262. The number of nitroso groups, excluding NO2 is 1. The second-order valence-electron chi connectivity index (χ2n) is 2.12. The molecule has 0 fully saturated rings. The largest absolute Gasteiger partial charge is 0.262 e. The standard InChI is InChI=1S/C6H7BrN2O/c1-4-2-5(7)3-8-6(4)9-10/h2,5H,3H2,1H3. The molecule has 3 nitrogen and oxygen atoms in total. The van der Waals surface area contributed by atoms with Gasteiger partial charge in [-0.05, 0) is 17.7 Å². The van der Waals surface area contributed by atoms with E-state index in [0.29, 0.717) is 12.4 Å². The Hall–Kier alpha value is -0.510. The highest BCUT2D eigenvalue weighted by Gasteiger charge is 2.11. The molecule has 4 heteroatoms. The van der Waals surface area contributed by atoms with E-state index in [1.807, 2.05) is 13.0 Å². The Bertz CT molecular complexity index is 210. The van der Waals surface area contributed by atoms with Crippen LogP contribution in [0.4, 0.5) is 0 Å². The van der Waals surface area contributed by atoms with Gasteiger partial charge in [0.15, 0.2) is 5.84 Å². The van der Waals surface area contributed by atoms with Crippen LogP contribution in [0.5, 0.6) is 0 Å². The monoisotopic (exact) mass is 202 g/mol. The van der Waals surface area contributed by atoms with Crippen molar-refractivity contribution in [2.45, 2.75) is 11.8 Å². The van der Waals surface area contributed by atoms with E-state index in [-0.39, 0.29) is 4.83 Å². The van der Waals surface area contributed by atoms with E-state index < -0.39 is 0 Å². The lowest BCUT2D eigenvalue weighted by Crippen LogP contribution is -2.11. The number of amidine groups is 1. The summed E-state index contributed by atoms with van der Waals surface area (Å²) in [6, 6.07) is 0. The van der Waals surface area contributed by atoms with Crippen LogP contribution in [0.15, 0.2) is 21.8 Å². The van der Waals surface area contributed by atoms with Crippen LogP contribution in [0.3, 0.4) is 0 Å². The maximum absolute atomic E-state index is 10.0. The van der Waals surface area contributed by atoms with Crippen LogP contribution < -0.4 is 0 Å². The van der Waals surface area contributed by atoms with E-state index in [9.17, 15) is 4.91 Å². The first kappa shape index (κ1) is 7.60. The zero-order chi connectivity index (χ0) is 7.56. The first-order chi connectivity index (χ1) is 4.74. The lowest BCUT2D eigenvalue weighted by molar-refractivity contribution is 1.00. The van der Waals surface area contributed by atoms with Gasteiger partial charge >= 0.3 is 0 Å². The molecule has 1 aliphatic rings. The van der Waals surface area contributed by atoms with Crippen molar-refractivity contribution in [3.8, 4) is 0 Å². The number of hydrogen-bond acceptors (Lipinski definition) is 3. The summed E-state index contributed by atoms with van der Waals surface area (Å²) in [5.41, 5.74) is 0.850. The average molecular weight is 203 g/mol. The highest BCUT2D eigenvalue weighted by Crippen LogP contribution is 2.13. The summed E-state index contributed by atoms with van der Waals surface area (Å²) in [6.07, 6.45) is 1.93. The molecule has 1 rings (SSSR count). The Labute approximate surface area is 67.3 Å². The molecule has 1 unspecified atom stereocenters. The van der Waals surface area contributed by atoms with Crippen molar-refractivity contribution < 1.29 is 0 Å². The number of halogens is 1. The van der Waals surface area contributed by atoms with Crippen molar-refractivity contribution in [1.29, 1.82) is 0 Å². The molecule has 0 radical (unpaired) electrons. The first-order valence-electron chi connectivity index (χ1n) is 2.94. The lowest BCUT2D eigenvalue weighted by Gasteiger charge is -2.08. The fourth-order valence-electron chi connectivity index (χ4n) is 0.798. The van der Waals surface area contributed by atoms with Crippen molar-refractivity contribution in [2.24, 2.45) is 10.2 Å². The molecular formula is C6H7BrN2O. The normalized spacial score (nSPS) is 25.2. The molecule has 0 bridgehead atoms. The van der Waals surface area contributed by atoms with E-state index in [2.05, 4.69) is 26.1 Å². The number of nitrogens with zero attached hydrogens (tertiary/aromatic N) is 2. The quantitative estimate of drug-likeness (QED) is 0.437. The maximum Gasteiger partial charge on any atom is 0.194 e. The van der Waals surface area contributed by atoms with E-state index in [0.717, 1.165) is 5.57 Å². The van der Waals surface area contributed by atoms with Crippen LogP contribution >= 0.6 is 15.9 Å². The second kappa shape index (κ2) is 3.05. The number of alkyl halides is 1. The van der Waals surface area contributed by atoms with Crippen molar-refractivity contribution in [3.63, 3.8) is 0 Å². The molecule has 0 N–H and O–H groups in total. The van der Waals surface area contributed by atoms with Gasteiger partial charge in [0.05, 0.1) is 11.4 Å². The van der Waals surface area contributed by atoms with Crippen LogP contribution in [0.1, 0.15) is 6.92 Å². The molecule has 1 aliphatic heterocycles. The summed E-state index contributed by atoms with van der Waals surface area (Å²) in [7, 11) is 0. The molecule has 0 aromatic rings. The van der Waals surface area contributed by atoms with Gasteiger partial charge in [-0.3, -0.25) is 4.99 Å². The molecule has 0 spiro atoms. The maximum atomic E-state index is 10.0. The van der Waals surface area contributed by atoms with Crippen LogP contribution in [0.2, 0.25) is 0 Å². The van der Waals surface area contributed by atoms with Gasteiger partial charge in [0.1, 0.15) is 0 Å². The number of aliphatic imine (C=N–C) groups is 1. The second-order valence-corrected chi connectivity index (χ2v) is 3.30. The van der Waals surface area contributed by atoms with Gasteiger partial charge in [-0.2, -0.15) is 0 Å². The molecular weight excluding hydrogens is 196 g/mol. The summed E-state index contributed by atoms with van der Waals surface area (Å²) in [4.78, 5) is 14.2. The van der Waals surface area contributed by atoms with Crippen LogP contribution in [-0.2, 0) is 0 Å². The Kier molecular flexibility index (Phi) is 2.32. The van der Waals surface area contributed by atoms with Crippen LogP contribution in [0.25, 0.3) is 0 Å². The lowest BCUT2D eigenvalue weighted by atomic mass is 10.2. The number of dihydropyridines is 1. The van der Waals surface area contributed by atoms with Gasteiger partial charge in [-0.1, -0.05) is 22.0 Å². The third-order valence-corrected chi connectivity index (χ3v) is 1.84. The highest BCUT2D eigenvalue weighted by molar-refractivity contribution is 9.09. The fraction of sp³-hybridized carbons (Fsp3) is 0.500. The predicted molar refractivity (Wildman–Crippen MR) is 44.6 cm³/mol. The molecule has 1 heterocycles. The minimum atomic E-state index is 0.262. The van der Waals surface area contributed by atoms with Crippen molar-refractivity contribution >= 4 is 21.8 Å². The molecule has 0 amide bonds. The topological polar surface area (TPSA) is 41.8 Å². The fourth-order valence-corrected chi connectivity index (χ4v) is 1.34. The van der Waals surface area contributed by atoms with Gasteiger partial charge in [0.25, 0.3) is 0 Å². The molecule has 0 aliphatic carbocycles. The summed E-state index contributed by atoms with van der Waals surface area (Å²) in [6.45, 7) is 2.44. The average Bonchev–Trinajstić information content (AvgIpc) is 1.88. The smallest absolute Gasteiger partial charge is 0.194 e. The summed E-state index contributed by atoms with van der Waals surface area (Å²) < 4.78 is 0.